The standard InChI is InChI=1S/C21H24F2N2O3S/c1-10-15-14(7-28-10)29-17(16(15)18(26)25-8-21(22,23)9-25)24-19(27)20-5-11-2-12(6-20)4-13(20)3-11/h10-13H,2-9H2,1H3,(H,24,27). The van der Waals surface area contributed by atoms with Crippen LogP contribution in [-0.4, -0.2) is 35.7 Å². The van der Waals surface area contributed by atoms with Crippen LogP contribution in [0, 0.1) is 23.2 Å². The molecule has 6 aliphatic rings. The minimum atomic E-state index is -2.82. The number of fused-ring (bicyclic) bond motifs is 1. The van der Waals surface area contributed by atoms with Crippen LogP contribution < -0.4 is 5.32 Å². The van der Waals surface area contributed by atoms with Gasteiger partial charge in [0.2, 0.25) is 5.91 Å². The van der Waals surface area contributed by atoms with Gasteiger partial charge < -0.3 is 15.0 Å². The van der Waals surface area contributed by atoms with E-state index in [0.717, 1.165) is 36.1 Å². The second kappa shape index (κ2) is 5.78. The summed E-state index contributed by atoms with van der Waals surface area (Å²) in [6, 6.07) is 0. The van der Waals surface area contributed by atoms with Crippen molar-refractivity contribution in [1.82, 2.24) is 4.90 Å². The number of halogens is 2. The molecule has 3 heterocycles. The average Bonchev–Trinajstić information content (AvgIpc) is 3.30. The molecular weight excluding hydrogens is 398 g/mol. The maximum Gasteiger partial charge on any atom is 0.282 e. The first-order valence-electron chi connectivity index (χ1n) is 10.5. The van der Waals surface area contributed by atoms with Crippen LogP contribution >= 0.6 is 11.3 Å². The molecule has 4 aliphatic carbocycles. The normalized spacial score (nSPS) is 38.2. The highest BCUT2D eigenvalue weighted by molar-refractivity contribution is 7.17. The van der Waals surface area contributed by atoms with E-state index in [1.165, 1.54) is 22.7 Å². The number of hydrogen-bond acceptors (Lipinski definition) is 4. The molecule has 1 aromatic rings. The molecule has 5 fully saturated rings. The third-order valence-corrected chi connectivity index (χ3v) is 9.00. The van der Waals surface area contributed by atoms with Gasteiger partial charge in [0.1, 0.15) is 5.00 Å². The molecule has 8 heteroatoms. The van der Waals surface area contributed by atoms with Gasteiger partial charge >= 0.3 is 0 Å². The lowest BCUT2D eigenvalue weighted by molar-refractivity contribution is -0.127. The summed E-state index contributed by atoms with van der Waals surface area (Å²) >= 11 is 1.37. The quantitative estimate of drug-likeness (QED) is 0.795. The van der Waals surface area contributed by atoms with E-state index in [1.54, 1.807) is 0 Å². The predicted molar refractivity (Wildman–Crippen MR) is 103 cm³/mol. The zero-order valence-electron chi connectivity index (χ0n) is 16.3. The van der Waals surface area contributed by atoms with Gasteiger partial charge in [-0.15, -0.1) is 11.3 Å². The number of carbonyl (C=O) groups is 2. The summed E-state index contributed by atoms with van der Waals surface area (Å²) in [5, 5.41) is 3.62. The number of rotatable bonds is 3. The molecule has 0 aromatic carbocycles. The van der Waals surface area contributed by atoms with Gasteiger partial charge in [-0.1, -0.05) is 0 Å². The van der Waals surface area contributed by atoms with Crippen molar-refractivity contribution < 1.29 is 23.1 Å². The van der Waals surface area contributed by atoms with Crippen LogP contribution in [0.4, 0.5) is 13.8 Å². The summed E-state index contributed by atoms with van der Waals surface area (Å²) < 4.78 is 32.4. The van der Waals surface area contributed by atoms with Gasteiger partial charge in [0.05, 0.1) is 36.8 Å². The molecule has 4 saturated carbocycles. The molecule has 2 aliphatic heterocycles. The van der Waals surface area contributed by atoms with Crippen LogP contribution in [-0.2, 0) is 16.1 Å². The van der Waals surface area contributed by atoms with Crippen LogP contribution in [0.1, 0.15) is 65.9 Å². The smallest absolute Gasteiger partial charge is 0.282 e. The van der Waals surface area contributed by atoms with Gasteiger partial charge in [-0.3, -0.25) is 9.59 Å². The Kier molecular flexibility index (Phi) is 3.64. The van der Waals surface area contributed by atoms with Crippen LogP contribution in [0.15, 0.2) is 0 Å². The van der Waals surface area contributed by atoms with E-state index in [4.69, 9.17) is 4.74 Å². The molecule has 1 N–H and O–H groups in total. The second-order valence-electron chi connectivity index (χ2n) is 9.77. The minimum absolute atomic E-state index is 0.0312. The van der Waals surface area contributed by atoms with Gasteiger partial charge in [-0.05, 0) is 56.8 Å². The fourth-order valence-electron chi connectivity index (χ4n) is 6.82. The predicted octanol–water partition coefficient (Wildman–Crippen LogP) is 4.20. The average molecular weight is 422 g/mol. The van der Waals surface area contributed by atoms with E-state index >= 15 is 0 Å². The Hall–Kier alpha value is -1.54. The van der Waals surface area contributed by atoms with Crippen LogP contribution in [0.25, 0.3) is 0 Å². The number of anilines is 1. The van der Waals surface area contributed by atoms with Gasteiger partial charge in [-0.25, -0.2) is 8.78 Å². The lowest BCUT2D eigenvalue weighted by atomic mass is 9.75. The van der Waals surface area contributed by atoms with Gasteiger partial charge in [0.15, 0.2) is 0 Å². The molecule has 156 valence electrons. The molecule has 0 spiro atoms. The summed E-state index contributed by atoms with van der Waals surface area (Å²) in [5.41, 5.74) is 0.835. The fourth-order valence-corrected chi connectivity index (χ4v) is 8.02. The van der Waals surface area contributed by atoms with Gasteiger partial charge in [0.25, 0.3) is 11.8 Å². The fraction of sp³-hybridized carbons (Fsp3) is 0.714. The van der Waals surface area contributed by atoms with Crippen molar-refractivity contribution in [2.24, 2.45) is 23.2 Å². The van der Waals surface area contributed by atoms with Crippen LogP contribution in [0.2, 0.25) is 0 Å². The number of nitrogens with one attached hydrogen (secondary N) is 1. The summed E-state index contributed by atoms with van der Waals surface area (Å²) in [5.74, 6) is -1.44. The number of likely N-dealkylation sites (tertiary alicyclic amines) is 1. The topological polar surface area (TPSA) is 58.6 Å². The maximum absolute atomic E-state index is 13.4. The third kappa shape index (κ3) is 2.51. The van der Waals surface area contributed by atoms with Crippen molar-refractivity contribution in [2.75, 3.05) is 18.4 Å². The Morgan fingerprint density at radius 2 is 1.86 bits per heavy atom. The highest BCUT2D eigenvalue weighted by Crippen LogP contribution is 2.65. The van der Waals surface area contributed by atoms with Gasteiger partial charge in [0, 0.05) is 10.4 Å². The van der Waals surface area contributed by atoms with Crippen molar-refractivity contribution in [3.05, 3.63) is 16.0 Å². The van der Waals surface area contributed by atoms with Crippen molar-refractivity contribution >= 4 is 28.2 Å². The highest BCUT2D eigenvalue weighted by atomic mass is 32.1. The third-order valence-electron chi connectivity index (χ3n) is 7.91. The van der Waals surface area contributed by atoms with Crippen molar-refractivity contribution in [1.29, 1.82) is 0 Å². The number of hydrogen-bond donors (Lipinski definition) is 1. The monoisotopic (exact) mass is 422 g/mol. The molecule has 2 amide bonds. The van der Waals surface area contributed by atoms with E-state index < -0.39 is 24.9 Å². The number of thiophene rings is 1. The summed E-state index contributed by atoms with van der Waals surface area (Å²) in [6.07, 6.45) is 5.16. The van der Waals surface area contributed by atoms with E-state index in [1.807, 2.05) is 6.92 Å². The molecule has 7 rings (SSSR count). The molecule has 3 atom stereocenters. The first-order valence-corrected chi connectivity index (χ1v) is 11.3. The second-order valence-corrected chi connectivity index (χ2v) is 10.9. The van der Waals surface area contributed by atoms with E-state index in [-0.39, 0.29) is 17.4 Å². The largest absolute Gasteiger partial charge is 0.368 e. The molecular formula is C21H24F2N2O3S. The maximum atomic E-state index is 13.4. The zero-order valence-corrected chi connectivity index (χ0v) is 17.1. The van der Waals surface area contributed by atoms with Crippen LogP contribution in [0.5, 0.6) is 0 Å². The summed E-state index contributed by atoms with van der Waals surface area (Å²) in [7, 11) is 0. The SMILES string of the molecule is CC1OCc2sc(NC(=O)C34CC5CC(CC3C5)C4)c(C(=O)N3CC(F)(F)C3)c21. The molecule has 0 radical (unpaired) electrons. The lowest BCUT2D eigenvalue weighted by Crippen LogP contribution is -2.58. The van der Waals surface area contributed by atoms with E-state index in [2.05, 4.69) is 5.32 Å². The molecule has 1 saturated heterocycles. The Morgan fingerprint density at radius 1 is 1.17 bits per heavy atom. The lowest BCUT2D eigenvalue weighted by Gasteiger charge is -2.39. The highest BCUT2D eigenvalue weighted by Gasteiger charge is 2.61. The Morgan fingerprint density at radius 3 is 2.52 bits per heavy atom. The molecule has 29 heavy (non-hydrogen) atoms. The summed E-state index contributed by atoms with van der Waals surface area (Å²) in [4.78, 5) is 28.6. The first-order chi connectivity index (χ1) is 13.8. The molecule has 5 nitrogen and oxygen atoms in total. The Balaban J connectivity index is 1.32. The minimum Gasteiger partial charge on any atom is -0.368 e. The summed E-state index contributed by atoms with van der Waals surface area (Å²) in [6.45, 7) is 1.14. The number of ether oxygens (including phenoxy) is 1. The zero-order chi connectivity index (χ0) is 20.1. The van der Waals surface area contributed by atoms with Gasteiger partial charge in [-0.2, -0.15) is 0 Å². The van der Waals surface area contributed by atoms with Crippen LogP contribution in [0.3, 0.4) is 0 Å². The number of amides is 2. The molecule has 1 aromatic heterocycles. The Bertz CT molecular complexity index is 907. The molecule has 3 unspecified atom stereocenters. The number of alkyl halides is 2. The number of carbonyl (C=O) groups excluding carboxylic acids is 2. The van der Waals surface area contributed by atoms with Crippen molar-refractivity contribution in [3.63, 3.8) is 0 Å². The Labute approximate surface area is 171 Å². The first kappa shape index (κ1) is 18.2. The van der Waals surface area contributed by atoms with E-state index in [9.17, 15) is 18.4 Å². The van der Waals surface area contributed by atoms with Crippen molar-refractivity contribution in [2.45, 2.75) is 57.7 Å². The number of nitrogens with zero attached hydrogens (tertiary/aromatic N) is 1. The van der Waals surface area contributed by atoms with Crippen molar-refractivity contribution in [3.8, 4) is 0 Å². The molecule has 4 bridgehead atoms. The van der Waals surface area contributed by atoms with E-state index in [0.29, 0.717) is 34.9 Å².